The van der Waals surface area contributed by atoms with Gasteiger partial charge in [0.25, 0.3) is 5.91 Å². The van der Waals surface area contributed by atoms with Crippen molar-refractivity contribution < 1.29 is 15.0 Å². The highest BCUT2D eigenvalue weighted by Gasteiger charge is 2.23. The van der Waals surface area contributed by atoms with Crippen LogP contribution < -0.4 is 11.1 Å². The molecule has 0 spiro atoms. The molecule has 0 saturated heterocycles. The minimum Gasteiger partial charge on any atom is -0.504 e. The maximum Gasteiger partial charge on any atom is 0.257 e. The van der Waals surface area contributed by atoms with Crippen molar-refractivity contribution in [3.05, 3.63) is 53.6 Å². The lowest BCUT2D eigenvalue weighted by atomic mass is 10.1. The Morgan fingerprint density at radius 1 is 1.06 bits per heavy atom. The highest BCUT2D eigenvalue weighted by atomic mass is 16.3. The number of carbonyl (C=O) groups is 1. The van der Waals surface area contributed by atoms with E-state index in [1.165, 1.54) is 35.9 Å². The summed E-state index contributed by atoms with van der Waals surface area (Å²) in [5, 5.41) is 26.6. The van der Waals surface area contributed by atoms with Crippen molar-refractivity contribution in [3.63, 3.8) is 0 Å². The van der Waals surface area contributed by atoms with Gasteiger partial charge in [-0.2, -0.15) is 9.78 Å². The standard InChI is InChI=1S/C25H28N6O3/c1-2-3-4-5-8-13-27-25(34)21-22-24(30-18-10-7-6-9-17(18)29-22)31(23(21)26)28-15-16-11-12-19(32)20(33)14-16/h6-7,9-12,14-15,32-33H,2-5,8,13,26H2,1H3,(H,27,34)/b28-15+. The first-order valence-corrected chi connectivity index (χ1v) is 11.4. The molecule has 0 atom stereocenters. The molecule has 2 heterocycles. The number of carbonyl (C=O) groups excluding carboxylic acids is 1. The van der Waals surface area contributed by atoms with Gasteiger partial charge in [-0.3, -0.25) is 4.79 Å². The van der Waals surface area contributed by atoms with Gasteiger partial charge >= 0.3 is 0 Å². The van der Waals surface area contributed by atoms with Crippen molar-refractivity contribution in [2.24, 2.45) is 5.10 Å². The Bertz CT molecular complexity index is 1360. The molecule has 0 unspecified atom stereocenters. The first-order chi connectivity index (χ1) is 16.5. The second-order valence-electron chi connectivity index (χ2n) is 8.12. The third-order valence-corrected chi connectivity index (χ3v) is 5.59. The van der Waals surface area contributed by atoms with E-state index >= 15 is 0 Å². The molecule has 9 nitrogen and oxygen atoms in total. The van der Waals surface area contributed by atoms with Gasteiger partial charge in [0.15, 0.2) is 17.1 Å². The SMILES string of the molecule is CCCCCCCNC(=O)c1c(N)n(/N=C/c2ccc(O)c(O)c2)c2nc3ccccc3nc12. The number of aromatic nitrogens is 3. The van der Waals surface area contributed by atoms with E-state index in [0.29, 0.717) is 34.3 Å². The zero-order valence-electron chi connectivity index (χ0n) is 19.0. The Hall–Kier alpha value is -4.14. The zero-order chi connectivity index (χ0) is 24.1. The fourth-order valence-electron chi connectivity index (χ4n) is 3.75. The number of aromatic hydroxyl groups is 2. The van der Waals surface area contributed by atoms with Crippen LogP contribution in [0.1, 0.15) is 54.9 Å². The molecule has 0 saturated carbocycles. The van der Waals surface area contributed by atoms with E-state index in [-0.39, 0.29) is 28.8 Å². The van der Waals surface area contributed by atoms with Gasteiger partial charge in [-0.1, -0.05) is 44.7 Å². The Balaban J connectivity index is 1.70. The van der Waals surface area contributed by atoms with Crippen molar-refractivity contribution in [1.82, 2.24) is 20.0 Å². The van der Waals surface area contributed by atoms with Crippen LogP contribution in [0.15, 0.2) is 47.6 Å². The molecule has 0 aliphatic carbocycles. The summed E-state index contributed by atoms with van der Waals surface area (Å²) in [6.07, 6.45) is 6.90. The van der Waals surface area contributed by atoms with Crippen molar-refractivity contribution in [1.29, 1.82) is 0 Å². The molecule has 1 amide bonds. The summed E-state index contributed by atoms with van der Waals surface area (Å²) in [5.74, 6) is -0.694. The number of hydrogen-bond acceptors (Lipinski definition) is 7. The largest absolute Gasteiger partial charge is 0.504 e. The van der Waals surface area contributed by atoms with E-state index in [4.69, 9.17) is 5.73 Å². The fraction of sp³-hybridized carbons (Fsp3) is 0.280. The van der Waals surface area contributed by atoms with Crippen LogP contribution in [0.25, 0.3) is 22.2 Å². The quantitative estimate of drug-likeness (QED) is 0.168. The topological polar surface area (TPSA) is 139 Å². The lowest BCUT2D eigenvalue weighted by Crippen LogP contribution is -2.25. The normalized spacial score (nSPS) is 11.6. The number of nitrogen functional groups attached to an aromatic ring is 1. The number of nitrogens with two attached hydrogens (primary N) is 1. The molecule has 5 N–H and O–H groups in total. The fourth-order valence-corrected chi connectivity index (χ4v) is 3.75. The summed E-state index contributed by atoms with van der Waals surface area (Å²) in [4.78, 5) is 22.4. The van der Waals surface area contributed by atoms with Gasteiger partial charge in [0.2, 0.25) is 0 Å². The van der Waals surface area contributed by atoms with Crippen LogP contribution in [0, 0.1) is 0 Å². The van der Waals surface area contributed by atoms with Crippen LogP contribution in [-0.2, 0) is 0 Å². The molecule has 34 heavy (non-hydrogen) atoms. The van der Waals surface area contributed by atoms with Crippen LogP contribution in [0.5, 0.6) is 11.5 Å². The summed E-state index contributed by atoms with van der Waals surface area (Å²) in [6, 6.07) is 11.7. The molecule has 4 aromatic rings. The molecule has 0 bridgehead atoms. The highest BCUT2D eigenvalue weighted by Crippen LogP contribution is 2.28. The summed E-state index contributed by atoms with van der Waals surface area (Å²) in [5.41, 5.74) is 9.16. The number of phenolic OH excluding ortho intramolecular Hbond substituents is 2. The smallest absolute Gasteiger partial charge is 0.257 e. The van der Waals surface area contributed by atoms with E-state index in [1.807, 2.05) is 24.3 Å². The van der Waals surface area contributed by atoms with Crippen LogP contribution in [0.3, 0.4) is 0 Å². The number of unbranched alkanes of at least 4 members (excludes halogenated alkanes) is 4. The number of para-hydroxylation sites is 2. The Morgan fingerprint density at radius 2 is 1.79 bits per heavy atom. The predicted octanol–water partition coefficient (Wildman–Crippen LogP) is 4.16. The van der Waals surface area contributed by atoms with E-state index in [0.717, 1.165) is 19.3 Å². The van der Waals surface area contributed by atoms with Crippen molar-refractivity contribution in [2.45, 2.75) is 39.0 Å². The molecule has 176 valence electrons. The second kappa shape index (κ2) is 10.2. The number of phenols is 2. The Morgan fingerprint density at radius 3 is 2.53 bits per heavy atom. The minimum absolute atomic E-state index is 0.119. The predicted molar refractivity (Wildman–Crippen MR) is 133 cm³/mol. The van der Waals surface area contributed by atoms with E-state index in [9.17, 15) is 15.0 Å². The lowest BCUT2D eigenvalue weighted by Gasteiger charge is -2.05. The summed E-state index contributed by atoms with van der Waals surface area (Å²) in [7, 11) is 0. The lowest BCUT2D eigenvalue weighted by molar-refractivity contribution is 0.0955. The number of anilines is 1. The second-order valence-corrected chi connectivity index (χ2v) is 8.12. The number of hydrogen-bond donors (Lipinski definition) is 4. The number of benzene rings is 2. The maximum absolute atomic E-state index is 13.1. The van der Waals surface area contributed by atoms with Crippen LogP contribution in [-0.4, -0.2) is 43.5 Å². The minimum atomic E-state index is -0.321. The number of nitrogens with one attached hydrogen (secondary N) is 1. The first kappa shape index (κ1) is 23.0. The van der Waals surface area contributed by atoms with E-state index in [2.05, 4.69) is 27.3 Å². The van der Waals surface area contributed by atoms with Crippen LogP contribution in [0.4, 0.5) is 5.82 Å². The van der Waals surface area contributed by atoms with Gasteiger partial charge in [-0.25, -0.2) is 9.97 Å². The molecule has 0 radical (unpaired) electrons. The number of nitrogens with zero attached hydrogens (tertiary/aromatic N) is 4. The average Bonchev–Trinajstić information content (AvgIpc) is 3.10. The molecule has 0 aliphatic rings. The zero-order valence-corrected chi connectivity index (χ0v) is 19.0. The van der Waals surface area contributed by atoms with Crippen molar-refractivity contribution in [3.8, 4) is 11.5 Å². The van der Waals surface area contributed by atoms with Crippen LogP contribution >= 0.6 is 0 Å². The van der Waals surface area contributed by atoms with E-state index < -0.39 is 0 Å². The highest BCUT2D eigenvalue weighted by molar-refractivity contribution is 6.10. The summed E-state index contributed by atoms with van der Waals surface area (Å²) < 4.78 is 1.37. The molecule has 2 aromatic heterocycles. The molecular formula is C25H28N6O3. The molecule has 4 rings (SSSR count). The number of amides is 1. The van der Waals surface area contributed by atoms with Gasteiger partial charge in [0.1, 0.15) is 16.9 Å². The number of fused-ring (bicyclic) bond motifs is 2. The van der Waals surface area contributed by atoms with Gasteiger partial charge in [0, 0.05) is 6.54 Å². The molecule has 0 aliphatic heterocycles. The molecule has 0 fully saturated rings. The average molecular weight is 461 g/mol. The first-order valence-electron chi connectivity index (χ1n) is 11.4. The van der Waals surface area contributed by atoms with E-state index in [1.54, 1.807) is 6.07 Å². The molecule has 2 aromatic carbocycles. The van der Waals surface area contributed by atoms with Gasteiger partial charge < -0.3 is 21.3 Å². The van der Waals surface area contributed by atoms with Crippen molar-refractivity contribution >= 4 is 40.1 Å². The monoisotopic (exact) mass is 460 g/mol. The number of rotatable bonds is 9. The summed E-state index contributed by atoms with van der Waals surface area (Å²) in [6.45, 7) is 2.71. The van der Waals surface area contributed by atoms with Gasteiger partial charge in [-0.15, -0.1) is 0 Å². The van der Waals surface area contributed by atoms with Gasteiger partial charge in [-0.05, 0) is 42.3 Å². The van der Waals surface area contributed by atoms with Gasteiger partial charge in [0.05, 0.1) is 17.2 Å². The summed E-state index contributed by atoms with van der Waals surface area (Å²) >= 11 is 0. The van der Waals surface area contributed by atoms with Crippen LogP contribution in [0.2, 0.25) is 0 Å². The van der Waals surface area contributed by atoms with Crippen molar-refractivity contribution in [2.75, 3.05) is 12.3 Å². The third kappa shape index (κ3) is 4.78. The Kier molecular flexibility index (Phi) is 6.91. The maximum atomic E-state index is 13.1. The Labute approximate surface area is 196 Å². The molecule has 9 heteroatoms. The third-order valence-electron chi connectivity index (χ3n) is 5.59. The molecular weight excluding hydrogens is 432 g/mol.